The fourth-order valence-electron chi connectivity index (χ4n) is 7.89. The molecule has 0 saturated carbocycles. The van der Waals surface area contributed by atoms with Crippen LogP contribution in [0.15, 0.2) is 48.6 Å². The highest BCUT2D eigenvalue weighted by atomic mass is 31.2. The smallest absolute Gasteiger partial charge is 0.268 e. The number of phosphoric acid groups is 1. The second kappa shape index (κ2) is 47.5. The topological polar surface area (TPSA) is 108 Å². The van der Waals surface area contributed by atoms with Gasteiger partial charge >= 0.3 is 0 Å². The lowest BCUT2D eigenvalue weighted by Gasteiger charge is -2.29. The van der Waals surface area contributed by atoms with Gasteiger partial charge in [0.05, 0.1) is 39.9 Å². The van der Waals surface area contributed by atoms with E-state index in [1.807, 2.05) is 27.2 Å². The number of hydrogen-bond donors (Lipinski definition) is 2. The van der Waals surface area contributed by atoms with E-state index >= 15 is 0 Å². The van der Waals surface area contributed by atoms with Crippen LogP contribution in [0, 0.1) is 0 Å². The quantitative estimate of drug-likeness (QED) is 0.0272. The number of amides is 1. The summed E-state index contributed by atoms with van der Waals surface area (Å²) in [6.07, 6.45) is 61.8. The third-order valence-electron chi connectivity index (χ3n) is 12.2. The Bertz CT molecular complexity index is 1200. The van der Waals surface area contributed by atoms with Gasteiger partial charge in [-0.3, -0.25) is 9.36 Å². The van der Waals surface area contributed by atoms with Crippen molar-refractivity contribution in [3.8, 4) is 0 Å². The third kappa shape index (κ3) is 50.2. The first kappa shape index (κ1) is 63.5. The van der Waals surface area contributed by atoms with E-state index in [1.165, 1.54) is 186 Å². The lowest BCUT2D eigenvalue weighted by atomic mass is 10.0. The molecule has 0 spiro atoms. The average molecular weight is 935 g/mol. The molecule has 0 aliphatic carbocycles. The zero-order valence-corrected chi connectivity index (χ0v) is 44.3. The Kier molecular flexibility index (Phi) is 46.4. The van der Waals surface area contributed by atoms with E-state index in [0.717, 1.165) is 44.9 Å². The summed E-state index contributed by atoms with van der Waals surface area (Å²) in [7, 11) is 1.24. The van der Waals surface area contributed by atoms with Gasteiger partial charge in [0.1, 0.15) is 13.2 Å². The van der Waals surface area contributed by atoms with Gasteiger partial charge in [0.15, 0.2) is 0 Å². The van der Waals surface area contributed by atoms with E-state index < -0.39 is 26.6 Å². The number of aliphatic hydroxyl groups excluding tert-OH is 1. The molecule has 65 heavy (non-hydrogen) atoms. The van der Waals surface area contributed by atoms with Crippen LogP contribution in [-0.2, 0) is 18.4 Å². The Morgan fingerprint density at radius 3 is 1.25 bits per heavy atom. The number of likely N-dealkylation sites (N-methyl/N-ethyl adjacent to an activating group) is 1. The van der Waals surface area contributed by atoms with Crippen LogP contribution < -0.4 is 10.2 Å². The summed E-state index contributed by atoms with van der Waals surface area (Å²) in [5.74, 6) is -0.210. The number of carbonyl (C=O) groups excluding carboxylic acids is 1. The number of rotatable bonds is 50. The lowest BCUT2D eigenvalue weighted by molar-refractivity contribution is -0.870. The monoisotopic (exact) mass is 935 g/mol. The summed E-state index contributed by atoms with van der Waals surface area (Å²) >= 11 is 0. The Hall–Kier alpha value is -1.54. The number of unbranched alkanes of at least 4 members (excludes halogenated alkanes) is 31. The number of quaternary nitrogens is 1. The molecule has 0 heterocycles. The molecule has 0 bridgehead atoms. The largest absolute Gasteiger partial charge is 0.756 e. The molecule has 3 unspecified atom stereocenters. The van der Waals surface area contributed by atoms with Crippen molar-refractivity contribution in [2.24, 2.45) is 0 Å². The highest BCUT2D eigenvalue weighted by Gasteiger charge is 2.23. The Labute approximate surface area is 403 Å². The van der Waals surface area contributed by atoms with Gasteiger partial charge in [0, 0.05) is 6.42 Å². The Morgan fingerprint density at radius 2 is 0.862 bits per heavy atom. The lowest BCUT2D eigenvalue weighted by Crippen LogP contribution is -2.45. The summed E-state index contributed by atoms with van der Waals surface area (Å²) < 4.78 is 23.3. The maximum Gasteiger partial charge on any atom is 0.268 e. The molecule has 0 aromatic carbocycles. The number of carbonyl (C=O) groups is 1. The van der Waals surface area contributed by atoms with Crippen LogP contribution in [0.1, 0.15) is 251 Å². The van der Waals surface area contributed by atoms with Crippen molar-refractivity contribution in [2.75, 3.05) is 40.9 Å². The molecule has 9 heteroatoms. The van der Waals surface area contributed by atoms with Crippen LogP contribution >= 0.6 is 7.82 Å². The summed E-state index contributed by atoms with van der Waals surface area (Å²) in [6.45, 7) is 4.63. The van der Waals surface area contributed by atoms with Gasteiger partial charge in [0.25, 0.3) is 7.82 Å². The minimum atomic E-state index is -4.61. The highest BCUT2D eigenvalue weighted by molar-refractivity contribution is 7.45. The van der Waals surface area contributed by atoms with Crippen molar-refractivity contribution < 1.29 is 32.9 Å². The minimum Gasteiger partial charge on any atom is -0.756 e. The van der Waals surface area contributed by atoms with E-state index in [4.69, 9.17) is 9.05 Å². The Balaban J connectivity index is 4.27. The second-order valence-electron chi connectivity index (χ2n) is 19.9. The number of nitrogens with zero attached hydrogens (tertiary/aromatic N) is 1. The number of hydrogen-bond acceptors (Lipinski definition) is 6. The van der Waals surface area contributed by atoms with Crippen molar-refractivity contribution in [3.63, 3.8) is 0 Å². The van der Waals surface area contributed by atoms with E-state index in [-0.39, 0.29) is 12.5 Å². The molecule has 0 saturated heterocycles. The average Bonchev–Trinajstić information content (AvgIpc) is 3.26. The predicted molar refractivity (Wildman–Crippen MR) is 279 cm³/mol. The normalized spacial score (nSPS) is 14.4. The fraction of sp³-hybridized carbons (Fsp3) is 0.839. The first-order chi connectivity index (χ1) is 31.5. The highest BCUT2D eigenvalue weighted by Crippen LogP contribution is 2.38. The maximum atomic E-state index is 12.9. The van der Waals surface area contributed by atoms with E-state index in [2.05, 4.69) is 55.6 Å². The van der Waals surface area contributed by atoms with E-state index in [1.54, 1.807) is 6.08 Å². The van der Waals surface area contributed by atoms with Crippen LogP contribution in [0.3, 0.4) is 0 Å². The standard InChI is InChI=1S/C56H107N2O6P/c1-6-8-10-12-14-16-18-20-22-24-26-27-28-29-30-31-32-34-36-38-40-42-44-46-48-50-56(60)57-54(53-64-65(61,62)63-52-51-58(3,4)5)55(59)49-47-45-43-41-39-37-35-33-25-23-21-19-17-15-13-11-9-7-2/h24-26,33,39,41,47,49,54-55,59H,6-23,27-32,34-38,40,42-46,48,50-53H2,1-5H3,(H-,57,60,61,62)/b26-24-,33-25+,41-39+,49-47+. The van der Waals surface area contributed by atoms with Crippen molar-refractivity contribution in [2.45, 2.75) is 264 Å². The number of allylic oxidation sites excluding steroid dienone is 7. The molecule has 0 aliphatic heterocycles. The molecular formula is C56H107N2O6P. The molecule has 382 valence electrons. The fourth-order valence-corrected chi connectivity index (χ4v) is 8.61. The van der Waals surface area contributed by atoms with Crippen molar-refractivity contribution >= 4 is 13.7 Å². The molecule has 2 N–H and O–H groups in total. The van der Waals surface area contributed by atoms with Gasteiger partial charge < -0.3 is 28.8 Å². The van der Waals surface area contributed by atoms with Crippen molar-refractivity contribution in [3.05, 3.63) is 48.6 Å². The van der Waals surface area contributed by atoms with Crippen molar-refractivity contribution in [1.82, 2.24) is 5.32 Å². The maximum absolute atomic E-state index is 12.9. The van der Waals surface area contributed by atoms with Crippen LogP contribution in [0.25, 0.3) is 0 Å². The van der Waals surface area contributed by atoms with Crippen LogP contribution in [0.5, 0.6) is 0 Å². The Morgan fingerprint density at radius 1 is 0.523 bits per heavy atom. The number of phosphoric ester groups is 1. The second-order valence-corrected chi connectivity index (χ2v) is 21.3. The molecule has 0 fully saturated rings. The predicted octanol–water partition coefficient (Wildman–Crippen LogP) is 15.7. The van der Waals surface area contributed by atoms with E-state index in [9.17, 15) is 19.4 Å². The van der Waals surface area contributed by atoms with Gasteiger partial charge in [-0.1, -0.05) is 223 Å². The van der Waals surface area contributed by atoms with Crippen LogP contribution in [0.2, 0.25) is 0 Å². The van der Waals surface area contributed by atoms with Crippen LogP contribution in [-0.4, -0.2) is 68.5 Å². The first-order valence-corrected chi connectivity index (χ1v) is 29.0. The minimum absolute atomic E-state index is 0.00915. The molecule has 0 rings (SSSR count). The molecule has 8 nitrogen and oxygen atoms in total. The zero-order chi connectivity index (χ0) is 47.8. The SMILES string of the molecule is CCCCCCCCCC/C=C\CCCCCCCCCCCCCCCC(=O)NC(COP(=O)([O-])OCC[N+](C)(C)C)C(O)/C=C/CC/C=C/CC/C=C/CCCCCCCCCC. The summed E-state index contributed by atoms with van der Waals surface area (Å²) in [6, 6.07) is -0.910. The molecular weight excluding hydrogens is 828 g/mol. The molecule has 3 atom stereocenters. The van der Waals surface area contributed by atoms with Gasteiger partial charge in [-0.25, -0.2) is 0 Å². The summed E-state index contributed by atoms with van der Waals surface area (Å²) in [4.78, 5) is 25.4. The molecule has 0 aromatic heterocycles. The molecule has 1 amide bonds. The van der Waals surface area contributed by atoms with Crippen molar-refractivity contribution in [1.29, 1.82) is 0 Å². The third-order valence-corrected chi connectivity index (χ3v) is 13.2. The van der Waals surface area contributed by atoms with Gasteiger partial charge in [-0.05, 0) is 70.6 Å². The summed E-state index contributed by atoms with van der Waals surface area (Å²) in [5, 5.41) is 13.8. The number of aliphatic hydroxyl groups is 1. The zero-order valence-electron chi connectivity index (χ0n) is 43.4. The first-order valence-electron chi connectivity index (χ1n) is 27.5. The molecule has 0 radical (unpaired) electrons. The molecule has 0 aromatic rings. The van der Waals surface area contributed by atoms with Crippen LogP contribution in [0.4, 0.5) is 0 Å². The van der Waals surface area contributed by atoms with E-state index in [0.29, 0.717) is 17.4 Å². The van der Waals surface area contributed by atoms with Gasteiger partial charge in [-0.15, -0.1) is 0 Å². The van der Waals surface area contributed by atoms with Gasteiger partial charge in [-0.2, -0.15) is 0 Å². The number of nitrogens with one attached hydrogen (secondary N) is 1. The summed E-state index contributed by atoms with van der Waals surface area (Å²) in [5.41, 5.74) is 0. The molecule has 0 aliphatic rings. The van der Waals surface area contributed by atoms with Gasteiger partial charge in [0.2, 0.25) is 5.91 Å².